The van der Waals surface area contributed by atoms with Gasteiger partial charge in [-0.3, -0.25) is 4.79 Å². The molecule has 2 aromatic carbocycles. The van der Waals surface area contributed by atoms with Gasteiger partial charge in [0.25, 0.3) is 0 Å². The Hall–Kier alpha value is -2.83. The summed E-state index contributed by atoms with van der Waals surface area (Å²) in [6.45, 7) is 5.95. The molecule has 0 radical (unpaired) electrons. The van der Waals surface area contributed by atoms with Crippen LogP contribution in [-0.2, 0) is 11.2 Å². The fourth-order valence-electron chi connectivity index (χ4n) is 3.45. The topological polar surface area (TPSA) is 87.6 Å². The van der Waals surface area contributed by atoms with Gasteiger partial charge in [-0.05, 0) is 61.2 Å². The molecule has 0 aliphatic carbocycles. The largest absolute Gasteiger partial charge is 0.496 e. The van der Waals surface area contributed by atoms with Gasteiger partial charge >= 0.3 is 0 Å². The number of ether oxygens (including phenoxy) is 2. The van der Waals surface area contributed by atoms with E-state index < -0.39 is 6.04 Å². The SMILES string of the molecule is CCC(N)C(=O)Cc1cc(-c2cnoc2-c2cc(C)c(C)c(OC)c2)ccc1OC.Cl. The Morgan fingerprint density at radius 2 is 1.81 bits per heavy atom. The number of nitrogens with two attached hydrogens (primary N) is 1. The first-order valence-corrected chi connectivity index (χ1v) is 9.95. The number of carbonyl (C=O) groups excluding carboxylic acids is 1. The second-order valence-electron chi connectivity index (χ2n) is 7.37. The molecule has 0 spiro atoms. The van der Waals surface area contributed by atoms with Gasteiger partial charge in [-0.25, -0.2) is 0 Å². The maximum Gasteiger partial charge on any atom is 0.174 e. The zero-order chi connectivity index (χ0) is 21.8. The van der Waals surface area contributed by atoms with Crippen LogP contribution in [0.1, 0.15) is 30.0 Å². The number of aryl methyl sites for hydroxylation is 1. The zero-order valence-electron chi connectivity index (χ0n) is 18.5. The maximum atomic E-state index is 12.4. The van der Waals surface area contributed by atoms with E-state index >= 15 is 0 Å². The predicted molar refractivity (Wildman–Crippen MR) is 124 cm³/mol. The number of nitrogens with zero attached hydrogens (tertiary/aromatic N) is 1. The fourth-order valence-corrected chi connectivity index (χ4v) is 3.45. The lowest BCUT2D eigenvalue weighted by atomic mass is 9.95. The first-order valence-electron chi connectivity index (χ1n) is 9.95. The molecule has 0 amide bonds. The van der Waals surface area contributed by atoms with Crippen LogP contribution >= 0.6 is 12.4 Å². The standard InChI is InChI=1S/C24H28N2O4.ClH/c1-6-20(25)21(27)11-17-10-16(7-8-22(17)28-4)19-13-26-30-24(19)18-9-14(2)15(3)23(12-18)29-5;/h7-10,12-13,20H,6,11,25H2,1-5H3;1H. The number of benzene rings is 2. The Morgan fingerprint density at radius 1 is 1.10 bits per heavy atom. The first kappa shape index (κ1) is 24.4. The number of ketones is 1. The molecule has 0 aliphatic rings. The third-order valence-corrected chi connectivity index (χ3v) is 5.48. The molecule has 0 saturated heterocycles. The van der Waals surface area contributed by atoms with Crippen LogP contribution in [-0.4, -0.2) is 31.2 Å². The predicted octanol–water partition coefficient (Wildman–Crippen LogP) is 4.91. The van der Waals surface area contributed by atoms with Crippen molar-refractivity contribution in [1.82, 2.24) is 5.16 Å². The molecule has 1 aromatic heterocycles. The molecule has 3 rings (SSSR count). The highest BCUT2D eigenvalue weighted by atomic mass is 35.5. The van der Waals surface area contributed by atoms with Gasteiger partial charge in [0.2, 0.25) is 0 Å². The van der Waals surface area contributed by atoms with Crippen LogP contribution in [0, 0.1) is 13.8 Å². The van der Waals surface area contributed by atoms with E-state index in [1.807, 2.05) is 45.0 Å². The molecular formula is C24H29ClN2O4. The summed E-state index contributed by atoms with van der Waals surface area (Å²) in [5, 5.41) is 4.02. The average molecular weight is 445 g/mol. The molecule has 0 aliphatic heterocycles. The van der Waals surface area contributed by atoms with Gasteiger partial charge in [0, 0.05) is 23.1 Å². The van der Waals surface area contributed by atoms with Crippen LogP contribution in [0.5, 0.6) is 11.5 Å². The van der Waals surface area contributed by atoms with Crippen LogP contribution in [0.3, 0.4) is 0 Å². The Morgan fingerprint density at radius 3 is 2.45 bits per heavy atom. The molecule has 2 N–H and O–H groups in total. The molecule has 1 atom stereocenters. The van der Waals surface area contributed by atoms with Crippen LogP contribution in [0.15, 0.2) is 41.1 Å². The molecule has 1 heterocycles. The number of aromatic nitrogens is 1. The average Bonchev–Trinajstić information content (AvgIpc) is 3.24. The second-order valence-corrected chi connectivity index (χ2v) is 7.37. The molecule has 0 saturated carbocycles. The van der Waals surface area contributed by atoms with Gasteiger partial charge in [0.15, 0.2) is 11.5 Å². The van der Waals surface area contributed by atoms with Gasteiger partial charge in [-0.1, -0.05) is 18.1 Å². The Kier molecular flexibility index (Phi) is 8.25. The highest BCUT2D eigenvalue weighted by molar-refractivity contribution is 5.87. The van der Waals surface area contributed by atoms with E-state index in [0.717, 1.165) is 39.1 Å². The van der Waals surface area contributed by atoms with Crippen molar-refractivity contribution < 1.29 is 18.8 Å². The normalized spacial score (nSPS) is 11.5. The third kappa shape index (κ3) is 5.09. The third-order valence-electron chi connectivity index (χ3n) is 5.48. The van der Waals surface area contributed by atoms with Crippen molar-refractivity contribution >= 4 is 18.2 Å². The molecule has 0 fully saturated rings. The summed E-state index contributed by atoms with van der Waals surface area (Å²) in [4.78, 5) is 12.4. The van der Waals surface area contributed by atoms with E-state index in [-0.39, 0.29) is 24.6 Å². The molecule has 1 unspecified atom stereocenters. The summed E-state index contributed by atoms with van der Waals surface area (Å²) in [7, 11) is 3.25. The first-order chi connectivity index (χ1) is 14.4. The minimum Gasteiger partial charge on any atom is -0.496 e. The molecular weight excluding hydrogens is 416 g/mol. The van der Waals surface area contributed by atoms with E-state index in [2.05, 4.69) is 11.2 Å². The van der Waals surface area contributed by atoms with Crippen molar-refractivity contribution in [2.75, 3.05) is 14.2 Å². The van der Waals surface area contributed by atoms with Crippen LogP contribution in [0.4, 0.5) is 0 Å². The maximum absolute atomic E-state index is 12.4. The van der Waals surface area contributed by atoms with Crippen molar-refractivity contribution in [3.05, 3.63) is 53.2 Å². The van der Waals surface area contributed by atoms with E-state index in [0.29, 0.717) is 17.9 Å². The van der Waals surface area contributed by atoms with Gasteiger partial charge in [-0.15, -0.1) is 12.4 Å². The van der Waals surface area contributed by atoms with Gasteiger partial charge in [0.1, 0.15) is 11.5 Å². The quantitative estimate of drug-likeness (QED) is 0.531. The van der Waals surface area contributed by atoms with Gasteiger partial charge in [0.05, 0.1) is 26.5 Å². The molecule has 7 heteroatoms. The zero-order valence-corrected chi connectivity index (χ0v) is 19.3. The number of halogens is 1. The summed E-state index contributed by atoms with van der Waals surface area (Å²) in [5.74, 6) is 2.07. The van der Waals surface area contributed by atoms with E-state index in [1.54, 1.807) is 20.4 Å². The number of carbonyl (C=O) groups is 1. The number of Topliss-reactive ketones (excluding diaryl/α,β-unsaturated/α-hetero) is 1. The lowest BCUT2D eigenvalue weighted by molar-refractivity contribution is -0.119. The lowest BCUT2D eigenvalue weighted by Gasteiger charge is -2.13. The highest BCUT2D eigenvalue weighted by Gasteiger charge is 2.19. The van der Waals surface area contributed by atoms with Crippen molar-refractivity contribution in [3.63, 3.8) is 0 Å². The summed E-state index contributed by atoms with van der Waals surface area (Å²) >= 11 is 0. The van der Waals surface area contributed by atoms with Gasteiger partial charge in [-0.2, -0.15) is 0 Å². The van der Waals surface area contributed by atoms with Crippen LogP contribution < -0.4 is 15.2 Å². The summed E-state index contributed by atoms with van der Waals surface area (Å²) in [6.07, 6.45) is 2.50. The number of hydrogen-bond donors (Lipinski definition) is 1. The van der Waals surface area contributed by atoms with Crippen LogP contribution in [0.25, 0.3) is 22.5 Å². The fraction of sp³-hybridized carbons (Fsp3) is 0.333. The van der Waals surface area contributed by atoms with E-state index in [4.69, 9.17) is 19.7 Å². The van der Waals surface area contributed by atoms with E-state index in [9.17, 15) is 4.79 Å². The molecule has 0 bridgehead atoms. The van der Waals surface area contributed by atoms with Crippen molar-refractivity contribution in [2.45, 2.75) is 39.7 Å². The van der Waals surface area contributed by atoms with Crippen LogP contribution in [0.2, 0.25) is 0 Å². The number of methoxy groups -OCH3 is 2. The Bertz CT molecular complexity index is 1060. The van der Waals surface area contributed by atoms with Gasteiger partial charge < -0.3 is 19.7 Å². The van der Waals surface area contributed by atoms with Crippen molar-refractivity contribution in [1.29, 1.82) is 0 Å². The minimum absolute atomic E-state index is 0. The lowest BCUT2D eigenvalue weighted by Crippen LogP contribution is -2.30. The highest BCUT2D eigenvalue weighted by Crippen LogP contribution is 2.37. The second kappa shape index (κ2) is 10.5. The molecule has 6 nitrogen and oxygen atoms in total. The Balaban J connectivity index is 0.00000341. The number of rotatable bonds is 8. The smallest absolute Gasteiger partial charge is 0.174 e. The summed E-state index contributed by atoms with van der Waals surface area (Å²) < 4.78 is 16.6. The minimum atomic E-state index is -0.479. The summed E-state index contributed by atoms with van der Waals surface area (Å²) in [5.41, 5.74) is 11.5. The molecule has 31 heavy (non-hydrogen) atoms. The van der Waals surface area contributed by atoms with Crippen molar-refractivity contribution in [2.24, 2.45) is 5.73 Å². The Labute approximate surface area is 189 Å². The molecule has 3 aromatic rings. The number of hydrogen-bond acceptors (Lipinski definition) is 6. The molecule has 166 valence electrons. The monoisotopic (exact) mass is 444 g/mol. The van der Waals surface area contributed by atoms with E-state index in [1.165, 1.54) is 0 Å². The summed E-state index contributed by atoms with van der Waals surface area (Å²) in [6, 6.07) is 9.24. The van der Waals surface area contributed by atoms with Crippen molar-refractivity contribution in [3.8, 4) is 33.9 Å².